The second-order valence-electron chi connectivity index (χ2n) is 8.40. The lowest BCUT2D eigenvalue weighted by atomic mass is 9.70. The van der Waals surface area contributed by atoms with Crippen LogP contribution in [-0.4, -0.2) is 26.6 Å². The number of nitrogens with one attached hydrogen (secondary N) is 1. The summed E-state index contributed by atoms with van der Waals surface area (Å²) in [5.74, 6) is 1.10. The molecule has 2 aromatic carbocycles. The Labute approximate surface area is 171 Å². The molecule has 1 N–H and O–H groups in total. The van der Waals surface area contributed by atoms with Crippen molar-refractivity contribution in [3.8, 4) is 0 Å². The molecule has 2 aliphatic carbocycles. The zero-order valence-corrected chi connectivity index (χ0v) is 17.1. The average molecular weight is 412 g/mol. The highest BCUT2D eigenvalue weighted by Gasteiger charge is 2.36. The normalized spacial score (nSPS) is 26.5. The van der Waals surface area contributed by atoms with Gasteiger partial charge in [0.25, 0.3) is 15.9 Å². The molecule has 1 amide bonds. The fourth-order valence-corrected chi connectivity index (χ4v) is 6.89. The molecule has 152 valence electrons. The summed E-state index contributed by atoms with van der Waals surface area (Å²) < 4.78 is 27.1. The van der Waals surface area contributed by atoms with Gasteiger partial charge in [0.05, 0.1) is 10.6 Å². The Hall–Kier alpha value is -2.41. The molecule has 0 unspecified atom stereocenters. The summed E-state index contributed by atoms with van der Waals surface area (Å²) in [5, 5.41) is 5.90. The number of hydrogen-bond acceptors (Lipinski definition) is 4. The third-order valence-corrected chi connectivity index (χ3v) is 8.48. The van der Waals surface area contributed by atoms with Crippen molar-refractivity contribution < 1.29 is 13.2 Å². The van der Waals surface area contributed by atoms with Crippen LogP contribution in [0.3, 0.4) is 0 Å². The Morgan fingerprint density at radius 1 is 1.07 bits per heavy atom. The molecule has 2 aromatic rings. The first-order valence-electron chi connectivity index (χ1n) is 10.4. The topological polar surface area (TPSA) is 78.8 Å². The number of anilines is 1. The maximum absolute atomic E-state index is 13.0. The molecular formula is C22H25N3O3S. The number of hydrogen-bond donors (Lipinski definition) is 1. The monoisotopic (exact) mass is 411 g/mol. The van der Waals surface area contributed by atoms with Gasteiger partial charge in [0.15, 0.2) is 0 Å². The number of rotatable bonds is 3. The quantitative estimate of drug-likeness (QED) is 0.780. The van der Waals surface area contributed by atoms with E-state index in [1.165, 1.54) is 30.0 Å². The van der Waals surface area contributed by atoms with Gasteiger partial charge in [-0.15, -0.1) is 0 Å². The lowest BCUT2D eigenvalue weighted by molar-refractivity contribution is -0.119. The summed E-state index contributed by atoms with van der Waals surface area (Å²) >= 11 is 0. The summed E-state index contributed by atoms with van der Waals surface area (Å²) in [4.78, 5) is 12.8. The van der Waals surface area contributed by atoms with Gasteiger partial charge in [-0.2, -0.15) is 5.10 Å². The fourth-order valence-electron chi connectivity index (χ4n) is 5.23. The maximum atomic E-state index is 13.0. The van der Waals surface area contributed by atoms with Crippen molar-refractivity contribution in [3.63, 3.8) is 0 Å². The van der Waals surface area contributed by atoms with Crippen molar-refractivity contribution >= 4 is 38.1 Å². The van der Waals surface area contributed by atoms with E-state index in [2.05, 4.69) is 10.5 Å². The highest BCUT2D eigenvalue weighted by Crippen LogP contribution is 2.42. The number of hydrazone groups is 1. The van der Waals surface area contributed by atoms with Gasteiger partial charge in [0.2, 0.25) is 0 Å². The van der Waals surface area contributed by atoms with Crippen LogP contribution in [0, 0.1) is 11.8 Å². The van der Waals surface area contributed by atoms with Crippen LogP contribution < -0.4 is 9.73 Å². The average Bonchev–Trinajstić information content (AvgIpc) is 2.95. The molecular weight excluding hydrogens is 386 g/mol. The van der Waals surface area contributed by atoms with Gasteiger partial charge in [-0.3, -0.25) is 9.10 Å². The number of amides is 1. The number of fused-ring (bicyclic) bond motifs is 1. The van der Waals surface area contributed by atoms with Crippen LogP contribution in [0.1, 0.15) is 44.9 Å². The molecule has 2 atom stereocenters. The van der Waals surface area contributed by atoms with Crippen LogP contribution in [0.25, 0.3) is 10.8 Å². The molecule has 0 saturated heterocycles. The number of carbonyl (C=O) groups excluding carboxylic acids is 1. The van der Waals surface area contributed by atoms with Gasteiger partial charge in [-0.05, 0) is 55.0 Å². The Morgan fingerprint density at radius 3 is 2.66 bits per heavy atom. The second-order valence-corrected chi connectivity index (χ2v) is 10.2. The molecule has 0 bridgehead atoms. The van der Waals surface area contributed by atoms with E-state index in [-0.39, 0.29) is 11.4 Å². The first kappa shape index (κ1) is 18.6. The molecule has 7 heteroatoms. The molecule has 2 saturated carbocycles. The van der Waals surface area contributed by atoms with Crippen molar-refractivity contribution in [2.45, 2.75) is 49.8 Å². The predicted octanol–water partition coefficient (Wildman–Crippen LogP) is 3.81. The van der Waals surface area contributed by atoms with Crippen molar-refractivity contribution in [2.24, 2.45) is 16.9 Å². The Bertz CT molecular complexity index is 1100. The standard InChI is InChI=1S/C22H25N3O3S/c26-21(24-23-18-12-11-15-5-1-2-6-17(15)13-18)14-25-19-9-3-7-16-8-4-10-20(22(16)19)29(25,27)28/h3-4,7-10,15,17H,1-2,5-6,11-14H2,(H,24,26)/b23-18-/t15-,17+/m0/s1. The van der Waals surface area contributed by atoms with Gasteiger partial charge in [-0.1, -0.05) is 43.5 Å². The molecule has 3 aliphatic rings. The van der Waals surface area contributed by atoms with E-state index in [0.29, 0.717) is 17.0 Å². The van der Waals surface area contributed by atoms with E-state index in [1.807, 2.05) is 18.2 Å². The lowest BCUT2D eigenvalue weighted by Crippen LogP contribution is -2.38. The number of carbonyl (C=O) groups is 1. The minimum Gasteiger partial charge on any atom is -0.271 e. The summed E-state index contributed by atoms with van der Waals surface area (Å²) in [5.41, 5.74) is 4.21. The number of benzene rings is 2. The number of nitrogens with zero attached hydrogens (tertiary/aromatic N) is 2. The van der Waals surface area contributed by atoms with Gasteiger partial charge in [-0.25, -0.2) is 13.8 Å². The molecule has 5 rings (SSSR count). The van der Waals surface area contributed by atoms with E-state index in [0.717, 1.165) is 36.3 Å². The minimum absolute atomic E-state index is 0.264. The lowest BCUT2D eigenvalue weighted by Gasteiger charge is -2.35. The van der Waals surface area contributed by atoms with Crippen molar-refractivity contribution in [2.75, 3.05) is 10.8 Å². The van der Waals surface area contributed by atoms with Gasteiger partial charge < -0.3 is 0 Å². The summed E-state index contributed by atoms with van der Waals surface area (Å²) in [7, 11) is -3.73. The smallest absolute Gasteiger partial charge is 0.265 e. The van der Waals surface area contributed by atoms with Crippen LogP contribution in [0.15, 0.2) is 46.4 Å². The molecule has 6 nitrogen and oxygen atoms in total. The zero-order chi connectivity index (χ0) is 20.0. The molecule has 29 heavy (non-hydrogen) atoms. The summed E-state index contributed by atoms with van der Waals surface area (Å²) in [6.07, 6.45) is 8.24. The van der Waals surface area contributed by atoms with Crippen molar-refractivity contribution in [1.82, 2.24) is 5.43 Å². The van der Waals surface area contributed by atoms with Crippen LogP contribution in [0.2, 0.25) is 0 Å². The first-order valence-corrected chi connectivity index (χ1v) is 11.9. The van der Waals surface area contributed by atoms with Gasteiger partial charge in [0, 0.05) is 11.1 Å². The first-order chi connectivity index (χ1) is 14.0. The van der Waals surface area contributed by atoms with Crippen LogP contribution in [0.4, 0.5) is 5.69 Å². The van der Waals surface area contributed by atoms with E-state index in [1.54, 1.807) is 18.2 Å². The highest BCUT2D eigenvalue weighted by molar-refractivity contribution is 7.93. The van der Waals surface area contributed by atoms with Crippen LogP contribution >= 0.6 is 0 Å². The third kappa shape index (κ3) is 3.21. The van der Waals surface area contributed by atoms with E-state index < -0.39 is 15.9 Å². The fraction of sp³-hybridized carbons (Fsp3) is 0.455. The maximum Gasteiger partial charge on any atom is 0.265 e. The van der Waals surface area contributed by atoms with E-state index >= 15 is 0 Å². The third-order valence-electron chi connectivity index (χ3n) is 6.68. The van der Waals surface area contributed by atoms with Gasteiger partial charge >= 0.3 is 0 Å². The molecule has 1 heterocycles. The Kier molecular flexibility index (Phi) is 4.57. The molecule has 0 spiro atoms. The molecule has 0 aromatic heterocycles. The predicted molar refractivity (Wildman–Crippen MR) is 113 cm³/mol. The Balaban J connectivity index is 1.31. The summed E-state index contributed by atoms with van der Waals surface area (Å²) in [6.45, 7) is -0.265. The highest BCUT2D eigenvalue weighted by atomic mass is 32.2. The zero-order valence-electron chi connectivity index (χ0n) is 16.3. The van der Waals surface area contributed by atoms with E-state index in [9.17, 15) is 13.2 Å². The van der Waals surface area contributed by atoms with Crippen molar-refractivity contribution in [1.29, 1.82) is 0 Å². The van der Waals surface area contributed by atoms with E-state index in [4.69, 9.17) is 0 Å². The SMILES string of the molecule is O=C(CN1c2cccc3cccc(c23)S1(=O)=O)N/N=C1/CC[C@@H]2CCCC[C@@H]2C1. The van der Waals surface area contributed by atoms with Crippen LogP contribution in [-0.2, 0) is 14.8 Å². The number of sulfonamides is 1. The van der Waals surface area contributed by atoms with Crippen LogP contribution in [0.5, 0.6) is 0 Å². The van der Waals surface area contributed by atoms with Crippen molar-refractivity contribution in [3.05, 3.63) is 36.4 Å². The largest absolute Gasteiger partial charge is 0.271 e. The minimum atomic E-state index is -3.73. The Morgan fingerprint density at radius 2 is 1.83 bits per heavy atom. The second kappa shape index (κ2) is 7.13. The summed E-state index contributed by atoms with van der Waals surface area (Å²) in [6, 6.07) is 10.7. The van der Waals surface area contributed by atoms with Gasteiger partial charge in [0.1, 0.15) is 6.54 Å². The molecule has 0 radical (unpaired) electrons. The molecule has 1 aliphatic heterocycles. The molecule has 2 fully saturated rings.